The molecule has 38 heavy (non-hydrogen) atoms. The molecule has 216 valence electrons. The maximum atomic E-state index is 12.3. The lowest BCUT2D eigenvalue weighted by atomic mass is 9.44. The van der Waals surface area contributed by atoms with Gasteiger partial charge in [0, 0.05) is 31.1 Å². The monoisotopic (exact) mass is 534 g/mol. The minimum absolute atomic E-state index is 0.0750. The molecule has 1 spiro atoms. The zero-order valence-electron chi connectivity index (χ0n) is 24.5. The first-order valence-electron chi connectivity index (χ1n) is 15.0. The molecule has 4 saturated carbocycles. The molecule has 0 aromatic heterocycles. The standard InChI is InChI=1S/C31H50O7/c1-17(18(2)27(4,5)36)26(37-19(3)33)29(7)31(38-29)25(35)15-24-22-9-8-20-14-21(34)10-12-28(20,6)23(22)11-13-30(24,31)16-32/h17-18,20,22-26,32,35-36H,8-16H2,1-7H3/t17-,18-,20-,22+,23-,24-,25-,26+,28-,29-,30+,31+/m0/s1. The van der Waals surface area contributed by atoms with Gasteiger partial charge in [0.05, 0.1) is 18.3 Å². The number of Topliss-reactive ketones (excluding diaryl/α,β-unsaturated/α-hetero) is 1. The van der Waals surface area contributed by atoms with Gasteiger partial charge in [-0.05, 0) is 94.3 Å². The molecule has 0 radical (unpaired) electrons. The van der Waals surface area contributed by atoms with Crippen molar-refractivity contribution in [2.45, 2.75) is 129 Å². The predicted molar refractivity (Wildman–Crippen MR) is 142 cm³/mol. The highest BCUT2D eigenvalue weighted by atomic mass is 16.7. The Bertz CT molecular complexity index is 974. The Labute approximate surface area is 228 Å². The maximum absolute atomic E-state index is 12.3. The summed E-state index contributed by atoms with van der Waals surface area (Å²) in [6.45, 7) is 13.1. The Kier molecular flexibility index (Phi) is 6.74. The highest BCUT2D eigenvalue weighted by Gasteiger charge is 2.87. The molecule has 3 N–H and O–H groups in total. The van der Waals surface area contributed by atoms with Crippen molar-refractivity contribution in [3.05, 3.63) is 0 Å². The molecular weight excluding hydrogens is 484 g/mol. The number of ketones is 1. The molecule has 4 aliphatic carbocycles. The molecular formula is C31H50O7. The average Bonchev–Trinajstić information content (AvgIpc) is 3.41. The number of esters is 1. The summed E-state index contributed by atoms with van der Waals surface area (Å²) in [5.41, 5.74) is -3.46. The number of fused-ring (bicyclic) bond motifs is 6. The van der Waals surface area contributed by atoms with Gasteiger partial charge in [0.1, 0.15) is 23.1 Å². The molecule has 0 aromatic rings. The van der Waals surface area contributed by atoms with Crippen LogP contribution in [0.5, 0.6) is 0 Å². The molecule has 5 aliphatic rings. The van der Waals surface area contributed by atoms with Gasteiger partial charge in [-0.3, -0.25) is 9.59 Å². The number of aliphatic hydroxyl groups excluding tert-OH is 2. The van der Waals surface area contributed by atoms with E-state index >= 15 is 0 Å². The first-order chi connectivity index (χ1) is 17.6. The Balaban J connectivity index is 1.50. The second kappa shape index (κ2) is 8.99. The highest BCUT2D eigenvalue weighted by molar-refractivity contribution is 5.79. The number of rotatable bonds is 6. The third kappa shape index (κ3) is 3.66. The van der Waals surface area contributed by atoms with Gasteiger partial charge in [0.2, 0.25) is 0 Å². The van der Waals surface area contributed by atoms with Crippen molar-refractivity contribution in [1.29, 1.82) is 0 Å². The topological polar surface area (TPSA) is 117 Å². The minimum atomic E-state index is -1.00. The first-order valence-corrected chi connectivity index (χ1v) is 15.0. The Morgan fingerprint density at radius 3 is 2.45 bits per heavy atom. The second-order valence-corrected chi connectivity index (χ2v) is 14.8. The van der Waals surface area contributed by atoms with Crippen LogP contribution < -0.4 is 0 Å². The molecule has 5 fully saturated rings. The molecule has 7 heteroatoms. The molecule has 0 amide bonds. The van der Waals surface area contributed by atoms with Gasteiger partial charge in [0.15, 0.2) is 0 Å². The van der Waals surface area contributed by atoms with Crippen LogP contribution in [0.15, 0.2) is 0 Å². The van der Waals surface area contributed by atoms with Crippen LogP contribution in [0, 0.1) is 46.3 Å². The van der Waals surface area contributed by atoms with E-state index in [1.165, 1.54) is 6.92 Å². The Morgan fingerprint density at radius 1 is 1.16 bits per heavy atom. The molecule has 0 aromatic carbocycles. The van der Waals surface area contributed by atoms with Gasteiger partial charge in [-0.25, -0.2) is 0 Å². The molecule has 1 saturated heterocycles. The van der Waals surface area contributed by atoms with Crippen LogP contribution in [0.1, 0.15) is 99.8 Å². The molecule has 0 bridgehead atoms. The third-order valence-electron chi connectivity index (χ3n) is 12.9. The summed E-state index contributed by atoms with van der Waals surface area (Å²) in [6, 6.07) is 0. The highest BCUT2D eigenvalue weighted by Crippen LogP contribution is 2.76. The molecule has 5 rings (SSSR count). The lowest BCUT2D eigenvalue weighted by Crippen LogP contribution is -2.60. The lowest BCUT2D eigenvalue weighted by molar-refractivity contribution is -0.158. The predicted octanol–water partition coefficient (Wildman–Crippen LogP) is 4.04. The van der Waals surface area contributed by atoms with Crippen molar-refractivity contribution in [3.63, 3.8) is 0 Å². The summed E-state index contributed by atoms with van der Waals surface area (Å²) < 4.78 is 12.7. The van der Waals surface area contributed by atoms with Crippen molar-refractivity contribution < 1.29 is 34.4 Å². The fourth-order valence-corrected chi connectivity index (χ4v) is 10.6. The average molecular weight is 535 g/mol. The summed E-state index contributed by atoms with van der Waals surface area (Å²) in [5, 5.41) is 33.7. The summed E-state index contributed by atoms with van der Waals surface area (Å²) in [4.78, 5) is 24.6. The summed E-state index contributed by atoms with van der Waals surface area (Å²) >= 11 is 0. The number of ether oxygens (including phenoxy) is 2. The minimum Gasteiger partial charge on any atom is -0.459 e. The quantitative estimate of drug-likeness (QED) is 0.348. The van der Waals surface area contributed by atoms with Crippen LogP contribution in [0.25, 0.3) is 0 Å². The van der Waals surface area contributed by atoms with Crippen molar-refractivity contribution >= 4 is 11.8 Å². The number of carbonyl (C=O) groups is 2. The van der Waals surface area contributed by atoms with E-state index in [0.29, 0.717) is 42.8 Å². The number of aliphatic hydroxyl groups is 3. The lowest BCUT2D eigenvalue weighted by Gasteiger charge is -2.60. The third-order valence-corrected chi connectivity index (χ3v) is 12.9. The van der Waals surface area contributed by atoms with Crippen LogP contribution in [-0.2, 0) is 19.1 Å². The van der Waals surface area contributed by atoms with Crippen molar-refractivity contribution in [2.75, 3.05) is 6.61 Å². The van der Waals surface area contributed by atoms with Gasteiger partial charge in [0.25, 0.3) is 0 Å². The largest absolute Gasteiger partial charge is 0.459 e. The number of hydrogen-bond acceptors (Lipinski definition) is 7. The summed E-state index contributed by atoms with van der Waals surface area (Å²) in [7, 11) is 0. The van der Waals surface area contributed by atoms with E-state index in [1.54, 1.807) is 13.8 Å². The molecule has 0 unspecified atom stereocenters. The van der Waals surface area contributed by atoms with Crippen LogP contribution in [-0.4, -0.2) is 62.7 Å². The van der Waals surface area contributed by atoms with Crippen molar-refractivity contribution in [3.8, 4) is 0 Å². The van der Waals surface area contributed by atoms with Crippen LogP contribution >= 0.6 is 0 Å². The van der Waals surface area contributed by atoms with E-state index in [4.69, 9.17) is 9.47 Å². The fourth-order valence-electron chi connectivity index (χ4n) is 10.6. The van der Waals surface area contributed by atoms with E-state index in [1.807, 2.05) is 20.8 Å². The smallest absolute Gasteiger partial charge is 0.303 e. The van der Waals surface area contributed by atoms with Crippen molar-refractivity contribution in [1.82, 2.24) is 0 Å². The van der Waals surface area contributed by atoms with Crippen LogP contribution in [0.2, 0.25) is 0 Å². The normalized spacial score (nSPS) is 48.5. The first kappa shape index (κ1) is 28.5. The van der Waals surface area contributed by atoms with Crippen LogP contribution in [0.3, 0.4) is 0 Å². The maximum Gasteiger partial charge on any atom is 0.303 e. The van der Waals surface area contributed by atoms with E-state index in [0.717, 1.165) is 32.1 Å². The number of hydrogen-bond donors (Lipinski definition) is 3. The van der Waals surface area contributed by atoms with E-state index < -0.39 is 40.4 Å². The van der Waals surface area contributed by atoms with Gasteiger partial charge in [-0.2, -0.15) is 0 Å². The Hall–Kier alpha value is -1.02. The van der Waals surface area contributed by atoms with Gasteiger partial charge in [-0.1, -0.05) is 20.8 Å². The molecule has 7 nitrogen and oxygen atoms in total. The zero-order chi connectivity index (χ0) is 28.1. The van der Waals surface area contributed by atoms with Gasteiger partial charge >= 0.3 is 5.97 Å². The molecule has 1 heterocycles. The van der Waals surface area contributed by atoms with Gasteiger partial charge < -0.3 is 24.8 Å². The van der Waals surface area contributed by atoms with Gasteiger partial charge in [-0.15, -0.1) is 0 Å². The number of carbonyl (C=O) groups excluding carboxylic acids is 2. The Morgan fingerprint density at radius 2 is 1.84 bits per heavy atom. The summed E-state index contributed by atoms with van der Waals surface area (Å²) in [5.74, 6) is 0.929. The van der Waals surface area contributed by atoms with E-state index in [2.05, 4.69) is 6.92 Å². The van der Waals surface area contributed by atoms with E-state index in [-0.39, 0.29) is 29.8 Å². The fraction of sp³-hybridized carbons (Fsp3) is 0.935. The number of epoxide rings is 1. The molecule has 12 atom stereocenters. The van der Waals surface area contributed by atoms with E-state index in [9.17, 15) is 24.9 Å². The van der Waals surface area contributed by atoms with Crippen LogP contribution in [0.4, 0.5) is 0 Å². The summed E-state index contributed by atoms with van der Waals surface area (Å²) in [6.07, 6.45) is 5.18. The van der Waals surface area contributed by atoms with Crippen molar-refractivity contribution in [2.24, 2.45) is 46.3 Å². The zero-order valence-corrected chi connectivity index (χ0v) is 24.5. The molecule has 1 aliphatic heterocycles. The SMILES string of the molecule is CC(=O)O[C@H]([C@@H](C)[C@H](C)C(C)(C)O)[C@]1(C)O[C@]12[C@@H](O)C[C@H]1[C@@H]3CC[C@H]4CC(=O)CC[C@]4(C)[C@H]3CC[C@@]12CO. The second-order valence-electron chi connectivity index (χ2n) is 14.8.